The third-order valence-electron chi connectivity index (χ3n) is 5.45. The molecule has 13 nitrogen and oxygen atoms in total. The fraction of sp³-hybridized carbons (Fsp3) is 0.421. The van der Waals surface area contributed by atoms with Crippen molar-refractivity contribution >= 4 is 36.8 Å². The van der Waals surface area contributed by atoms with Gasteiger partial charge in [0.2, 0.25) is 10.0 Å². The maximum atomic E-state index is 12.6. The van der Waals surface area contributed by atoms with Crippen LogP contribution in [0.1, 0.15) is 11.8 Å². The summed E-state index contributed by atoms with van der Waals surface area (Å²) < 4.78 is 59.1. The van der Waals surface area contributed by atoms with Gasteiger partial charge in [0.05, 0.1) is 22.7 Å². The van der Waals surface area contributed by atoms with Gasteiger partial charge in [-0.25, -0.2) is 36.5 Å². The summed E-state index contributed by atoms with van der Waals surface area (Å²) in [6.07, 6.45) is -2.89. The monoisotopic (exact) mass is 512 g/mol. The molecule has 5 N–H and O–H groups in total. The molecule has 4 atom stereocenters. The van der Waals surface area contributed by atoms with Gasteiger partial charge >= 0.3 is 0 Å². The van der Waals surface area contributed by atoms with Gasteiger partial charge in [-0.15, -0.1) is 0 Å². The van der Waals surface area contributed by atoms with Crippen molar-refractivity contribution in [2.24, 2.45) is 0 Å². The molecule has 0 unspecified atom stereocenters. The summed E-state index contributed by atoms with van der Waals surface area (Å²) in [5.74, 6) is -1.04. The van der Waals surface area contributed by atoms with Crippen molar-refractivity contribution in [3.8, 4) is 0 Å². The molecule has 0 bridgehead atoms. The lowest BCUT2D eigenvalue weighted by molar-refractivity contribution is -0.0292. The van der Waals surface area contributed by atoms with Gasteiger partial charge in [0.25, 0.3) is 0 Å². The molecule has 184 valence electrons. The number of fused-ring (bicyclic) bond motifs is 1. The van der Waals surface area contributed by atoms with Crippen LogP contribution in [0.5, 0.6) is 0 Å². The molecule has 0 radical (unpaired) electrons. The van der Waals surface area contributed by atoms with Crippen LogP contribution in [0.15, 0.2) is 41.8 Å². The van der Waals surface area contributed by atoms with Crippen LogP contribution in [0.2, 0.25) is 0 Å². The molecule has 0 aliphatic carbocycles. The van der Waals surface area contributed by atoms with E-state index >= 15 is 0 Å². The summed E-state index contributed by atoms with van der Waals surface area (Å²) in [6, 6.07) is 6.12. The van der Waals surface area contributed by atoms with Crippen LogP contribution in [0.3, 0.4) is 0 Å². The number of nitrogen functional groups attached to an aromatic ring is 1. The molecule has 34 heavy (non-hydrogen) atoms. The van der Waals surface area contributed by atoms with Gasteiger partial charge in [-0.05, 0) is 19.1 Å². The first-order chi connectivity index (χ1) is 16.0. The smallest absolute Gasteiger partial charge is 0.240 e. The van der Waals surface area contributed by atoms with Gasteiger partial charge in [-0.2, -0.15) is 0 Å². The number of imidazole rings is 1. The Kier molecular flexibility index (Phi) is 6.58. The highest BCUT2D eigenvalue weighted by molar-refractivity contribution is 7.91. The first kappa shape index (κ1) is 24.4. The second kappa shape index (κ2) is 9.16. The number of anilines is 1. The summed E-state index contributed by atoms with van der Waals surface area (Å²) in [5.41, 5.74) is 7.16. The van der Waals surface area contributed by atoms with E-state index in [2.05, 4.69) is 19.7 Å². The van der Waals surface area contributed by atoms with Crippen LogP contribution in [-0.4, -0.2) is 82.9 Å². The molecular formula is C19H24N6O7S2. The zero-order valence-corrected chi connectivity index (χ0v) is 19.6. The van der Waals surface area contributed by atoms with Crippen molar-refractivity contribution in [1.82, 2.24) is 24.2 Å². The van der Waals surface area contributed by atoms with Crippen LogP contribution < -0.4 is 10.5 Å². The Labute approximate surface area is 195 Å². The molecule has 1 aliphatic rings. The first-order valence-electron chi connectivity index (χ1n) is 10.2. The van der Waals surface area contributed by atoms with Crippen molar-refractivity contribution < 1.29 is 31.8 Å². The quantitative estimate of drug-likeness (QED) is 0.280. The van der Waals surface area contributed by atoms with E-state index in [1.165, 1.54) is 29.4 Å². The molecule has 1 aromatic carbocycles. The van der Waals surface area contributed by atoms with E-state index in [9.17, 15) is 27.0 Å². The molecular weight excluding hydrogens is 488 g/mol. The number of ether oxygens (including phenoxy) is 1. The highest BCUT2D eigenvalue weighted by Gasteiger charge is 2.46. The Morgan fingerprint density at radius 3 is 2.50 bits per heavy atom. The van der Waals surface area contributed by atoms with Gasteiger partial charge < -0.3 is 20.7 Å². The van der Waals surface area contributed by atoms with Crippen molar-refractivity contribution in [2.75, 3.05) is 23.8 Å². The average Bonchev–Trinajstić information content (AvgIpc) is 3.31. The maximum Gasteiger partial charge on any atom is 0.240 e. The van der Waals surface area contributed by atoms with E-state index in [0.717, 1.165) is 5.56 Å². The second-order valence-corrected chi connectivity index (χ2v) is 12.0. The number of aliphatic hydroxyl groups excluding tert-OH is 2. The highest BCUT2D eigenvalue weighted by Crippen LogP contribution is 2.32. The largest absolute Gasteiger partial charge is 0.387 e. The Morgan fingerprint density at radius 1 is 1.09 bits per heavy atom. The number of aryl methyl sites for hydroxylation is 1. The molecule has 0 saturated carbocycles. The lowest BCUT2D eigenvalue weighted by Crippen LogP contribution is -2.37. The van der Waals surface area contributed by atoms with Crippen molar-refractivity contribution in [2.45, 2.75) is 36.4 Å². The molecule has 1 saturated heterocycles. The minimum atomic E-state index is -3.88. The molecule has 3 aromatic rings. The topological polar surface area (TPSA) is 200 Å². The maximum absolute atomic E-state index is 12.6. The zero-order chi connectivity index (χ0) is 24.7. The van der Waals surface area contributed by atoms with Crippen LogP contribution in [0.4, 0.5) is 5.82 Å². The summed E-state index contributed by atoms with van der Waals surface area (Å²) in [5, 5.41) is 20.9. The van der Waals surface area contributed by atoms with Crippen LogP contribution >= 0.6 is 0 Å². The van der Waals surface area contributed by atoms with Gasteiger partial charge in [-0.1, -0.05) is 17.7 Å². The average molecular weight is 513 g/mol. The standard InChI is InChI=1S/C19H24N6O7S2/c1-11-2-4-12(5-3-11)34(30,31)24-6-7-33(28,29)8-13-15(26)16(27)19(32-13)25-10-23-14-17(20)21-9-22-18(14)25/h2-5,9-10,13,15-16,19,24,26-27H,6-8H2,1H3,(H2,20,21,22)/t13-,15-,16-,19-/m1/s1. The predicted molar refractivity (Wildman–Crippen MR) is 121 cm³/mol. The summed E-state index contributed by atoms with van der Waals surface area (Å²) in [4.78, 5) is 12.0. The van der Waals surface area contributed by atoms with Gasteiger partial charge in [0.15, 0.2) is 27.5 Å². The van der Waals surface area contributed by atoms with Crippen molar-refractivity contribution in [3.05, 3.63) is 42.5 Å². The highest BCUT2D eigenvalue weighted by atomic mass is 32.2. The summed E-state index contributed by atoms with van der Waals surface area (Å²) in [6.45, 7) is 1.45. The lowest BCUT2D eigenvalue weighted by atomic mass is 10.1. The number of nitrogens with two attached hydrogens (primary N) is 1. The number of sulfonamides is 1. The zero-order valence-electron chi connectivity index (χ0n) is 18.0. The van der Waals surface area contributed by atoms with Crippen LogP contribution in [0, 0.1) is 6.92 Å². The number of nitrogens with one attached hydrogen (secondary N) is 1. The SMILES string of the molecule is Cc1ccc(S(=O)(=O)NCCS(=O)(=O)C[C@H]2O[C@@H](n3cnc4c(N)ncnc43)[C@H](O)[C@@H]2O)cc1. The summed E-state index contributed by atoms with van der Waals surface area (Å²) >= 11 is 0. The fourth-order valence-corrected chi connectivity index (χ4v) is 6.14. The van der Waals surface area contributed by atoms with E-state index in [-0.39, 0.29) is 28.4 Å². The van der Waals surface area contributed by atoms with E-state index in [4.69, 9.17) is 10.5 Å². The summed E-state index contributed by atoms with van der Waals surface area (Å²) in [7, 11) is -7.74. The Balaban J connectivity index is 1.40. The number of hydrogen-bond donors (Lipinski definition) is 4. The minimum Gasteiger partial charge on any atom is -0.387 e. The van der Waals surface area contributed by atoms with Gasteiger partial charge in [0.1, 0.15) is 30.2 Å². The number of aromatic nitrogens is 4. The number of aliphatic hydroxyl groups is 2. The number of sulfone groups is 1. The Morgan fingerprint density at radius 2 is 1.79 bits per heavy atom. The number of nitrogens with zero attached hydrogens (tertiary/aromatic N) is 4. The second-order valence-electron chi connectivity index (χ2n) is 7.95. The fourth-order valence-electron chi connectivity index (χ4n) is 3.62. The number of benzene rings is 1. The van der Waals surface area contributed by atoms with Crippen LogP contribution in [0.25, 0.3) is 11.2 Å². The van der Waals surface area contributed by atoms with E-state index in [0.29, 0.717) is 0 Å². The predicted octanol–water partition coefficient (Wildman–Crippen LogP) is -1.27. The molecule has 15 heteroatoms. The normalized spacial score (nSPS) is 23.5. The number of rotatable bonds is 8. The number of hydrogen-bond acceptors (Lipinski definition) is 11. The molecule has 1 fully saturated rings. The molecule has 3 heterocycles. The minimum absolute atomic E-state index is 0.0213. The van der Waals surface area contributed by atoms with E-state index in [1.807, 2.05) is 6.92 Å². The Bertz CT molecular complexity index is 1390. The van der Waals surface area contributed by atoms with Crippen LogP contribution in [-0.2, 0) is 24.6 Å². The molecule has 1 aliphatic heterocycles. The van der Waals surface area contributed by atoms with Crippen molar-refractivity contribution in [3.63, 3.8) is 0 Å². The molecule has 4 rings (SSSR count). The van der Waals surface area contributed by atoms with Gasteiger partial charge in [-0.3, -0.25) is 4.57 Å². The Hall–Kier alpha value is -2.69. The van der Waals surface area contributed by atoms with E-state index in [1.54, 1.807) is 12.1 Å². The molecule has 2 aromatic heterocycles. The van der Waals surface area contributed by atoms with Crippen molar-refractivity contribution in [1.29, 1.82) is 0 Å². The first-order valence-corrected chi connectivity index (χ1v) is 13.5. The molecule has 0 spiro atoms. The lowest BCUT2D eigenvalue weighted by Gasteiger charge is -2.16. The van der Waals surface area contributed by atoms with Gasteiger partial charge in [0, 0.05) is 6.54 Å². The third kappa shape index (κ3) is 4.89. The molecule has 0 amide bonds. The third-order valence-corrected chi connectivity index (χ3v) is 8.59. The van der Waals surface area contributed by atoms with E-state index < -0.39 is 55.9 Å².